The Morgan fingerprint density at radius 1 is 1.15 bits per heavy atom. The molecule has 0 saturated carbocycles. The van der Waals surface area contributed by atoms with Crippen LogP contribution in [0.3, 0.4) is 0 Å². The Bertz CT molecular complexity index is 617. The molecule has 0 spiro atoms. The minimum Gasteiger partial charge on any atom is -0.507 e. The van der Waals surface area contributed by atoms with Crippen molar-refractivity contribution in [2.45, 2.75) is 13.0 Å². The number of halogens is 2. The number of anilines is 1. The van der Waals surface area contributed by atoms with E-state index in [9.17, 15) is 13.9 Å². The zero-order valence-corrected chi connectivity index (χ0v) is 11.2. The molecule has 2 aromatic rings. The highest BCUT2D eigenvalue weighted by Crippen LogP contribution is 2.31. The molecule has 3 nitrogen and oxygen atoms in total. The maximum absolute atomic E-state index is 13.6. The first-order valence-corrected chi connectivity index (χ1v) is 6.09. The van der Waals surface area contributed by atoms with E-state index in [1.165, 1.54) is 25.3 Å². The number of nitrogens with one attached hydrogen (secondary N) is 1. The highest BCUT2D eigenvalue weighted by Gasteiger charge is 2.13. The zero-order chi connectivity index (χ0) is 14.7. The Morgan fingerprint density at radius 2 is 1.90 bits per heavy atom. The maximum Gasteiger partial charge on any atom is 0.149 e. The summed E-state index contributed by atoms with van der Waals surface area (Å²) in [4.78, 5) is 0. The Morgan fingerprint density at radius 3 is 2.50 bits per heavy atom. The van der Waals surface area contributed by atoms with Crippen LogP contribution in [0.2, 0.25) is 0 Å². The first-order valence-electron chi connectivity index (χ1n) is 6.09. The van der Waals surface area contributed by atoms with Gasteiger partial charge in [-0.3, -0.25) is 0 Å². The van der Waals surface area contributed by atoms with Gasteiger partial charge in [0.2, 0.25) is 0 Å². The number of hydrogen-bond acceptors (Lipinski definition) is 3. The molecule has 0 amide bonds. The summed E-state index contributed by atoms with van der Waals surface area (Å²) in [6.07, 6.45) is 0. The summed E-state index contributed by atoms with van der Waals surface area (Å²) in [5, 5.41) is 12.8. The van der Waals surface area contributed by atoms with E-state index in [1.807, 2.05) is 0 Å². The second kappa shape index (κ2) is 5.77. The van der Waals surface area contributed by atoms with Gasteiger partial charge < -0.3 is 15.2 Å². The molecule has 20 heavy (non-hydrogen) atoms. The summed E-state index contributed by atoms with van der Waals surface area (Å²) in [7, 11) is 1.50. The van der Waals surface area contributed by atoms with E-state index in [2.05, 4.69) is 5.32 Å². The third kappa shape index (κ3) is 2.99. The molecule has 0 radical (unpaired) electrons. The second-order valence-electron chi connectivity index (χ2n) is 4.41. The smallest absolute Gasteiger partial charge is 0.149 e. The molecule has 2 aromatic carbocycles. The van der Waals surface area contributed by atoms with Gasteiger partial charge in [-0.2, -0.15) is 0 Å². The Labute approximate surface area is 115 Å². The molecule has 1 atom stereocenters. The number of aromatic hydroxyl groups is 1. The van der Waals surface area contributed by atoms with Crippen LogP contribution in [-0.4, -0.2) is 12.2 Å². The van der Waals surface area contributed by atoms with Gasteiger partial charge in [-0.1, -0.05) is 0 Å². The van der Waals surface area contributed by atoms with E-state index < -0.39 is 11.6 Å². The largest absolute Gasteiger partial charge is 0.507 e. The highest BCUT2D eigenvalue weighted by atomic mass is 19.1. The number of phenolic OH excluding ortho intramolecular Hbond substituents is 1. The van der Waals surface area contributed by atoms with Crippen molar-refractivity contribution in [1.82, 2.24) is 0 Å². The van der Waals surface area contributed by atoms with E-state index in [0.29, 0.717) is 11.3 Å². The van der Waals surface area contributed by atoms with Crippen LogP contribution in [0.5, 0.6) is 11.5 Å². The summed E-state index contributed by atoms with van der Waals surface area (Å²) in [5.41, 5.74) is 0.767. The van der Waals surface area contributed by atoms with Crippen molar-refractivity contribution in [3.8, 4) is 11.5 Å². The summed E-state index contributed by atoms with van der Waals surface area (Å²) < 4.78 is 31.4. The van der Waals surface area contributed by atoms with E-state index in [1.54, 1.807) is 19.1 Å². The maximum atomic E-state index is 13.6. The quantitative estimate of drug-likeness (QED) is 0.893. The minimum atomic E-state index is -0.676. The minimum absolute atomic E-state index is 0.0480. The lowest BCUT2D eigenvalue weighted by atomic mass is 10.1. The van der Waals surface area contributed by atoms with Crippen molar-refractivity contribution in [2.75, 3.05) is 12.4 Å². The average molecular weight is 279 g/mol. The fourth-order valence-electron chi connectivity index (χ4n) is 1.93. The van der Waals surface area contributed by atoms with Gasteiger partial charge in [-0.15, -0.1) is 0 Å². The number of ether oxygens (including phenoxy) is 1. The fraction of sp³-hybridized carbons (Fsp3) is 0.200. The molecule has 106 valence electrons. The lowest BCUT2D eigenvalue weighted by molar-refractivity contribution is 0.406. The first kappa shape index (κ1) is 14.1. The molecule has 0 bridgehead atoms. The standard InChI is InChI=1S/C15H15F2NO2/c1-9(12-5-4-11(20-2)8-15(12)19)18-14-6-3-10(16)7-13(14)17/h3-9,18-19H,1-2H3. The van der Waals surface area contributed by atoms with Crippen molar-refractivity contribution in [2.24, 2.45) is 0 Å². The van der Waals surface area contributed by atoms with E-state index in [0.717, 1.165) is 6.07 Å². The summed E-state index contributed by atoms with van der Waals surface area (Å²) in [6.45, 7) is 1.77. The van der Waals surface area contributed by atoms with E-state index in [4.69, 9.17) is 4.74 Å². The van der Waals surface area contributed by atoms with Crippen LogP contribution in [0.25, 0.3) is 0 Å². The van der Waals surface area contributed by atoms with Crippen molar-refractivity contribution in [3.05, 3.63) is 53.6 Å². The normalized spacial score (nSPS) is 12.0. The number of methoxy groups -OCH3 is 1. The third-order valence-corrected chi connectivity index (χ3v) is 3.01. The predicted molar refractivity (Wildman–Crippen MR) is 73.1 cm³/mol. The molecule has 2 rings (SSSR count). The Hall–Kier alpha value is -2.30. The predicted octanol–water partition coefficient (Wildman–Crippen LogP) is 3.85. The topological polar surface area (TPSA) is 41.5 Å². The van der Waals surface area contributed by atoms with Gasteiger partial charge in [0.05, 0.1) is 18.8 Å². The van der Waals surface area contributed by atoms with E-state index >= 15 is 0 Å². The molecular weight excluding hydrogens is 264 g/mol. The molecular formula is C15H15F2NO2. The van der Waals surface area contributed by atoms with Gasteiger partial charge in [0.15, 0.2) is 0 Å². The van der Waals surface area contributed by atoms with Crippen LogP contribution >= 0.6 is 0 Å². The van der Waals surface area contributed by atoms with Crippen LogP contribution in [0.15, 0.2) is 36.4 Å². The summed E-state index contributed by atoms with van der Waals surface area (Å²) >= 11 is 0. The van der Waals surface area contributed by atoms with Gasteiger partial charge in [0, 0.05) is 17.7 Å². The van der Waals surface area contributed by atoms with Crippen molar-refractivity contribution >= 4 is 5.69 Å². The van der Waals surface area contributed by atoms with Gasteiger partial charge >= 0.3 is 0 Å². The number of benzene rings is 2. The van der Waals surface area contributed by atoms with Crippen molar-refractivity contribution in [3.63, 3.8) is 0 Å². The molecule has 0 fully saturated rings. The lowest BCUT2D eigenvalue weighted by Crippen LogP contribution is -2.08. The third-order valence-electron chi connectivity index (χ3n) is 3.01. The van der Waals surface area contributed by atoms with Gasteiger partial charge in [0.1, 0.15) is 23.1 Å². The van der Waals surface area contributed by atoms with Gasteiger partial charge in [-0.25, -0.2) is 8.78 Å². The molecule has 0 saturated heterocycles. The lowest BCUT2D eigenvalue weighted by Gasteiger charge is -2.18. The van der Waals surface area contributed by atoms with Gasteiger partial charge in [0.25, 0.3) is 0 Å². The number of rotatable bonds is 4. The second-order valence-corrected chi connectivity index (χ2v) is 4.41. The summed E-state index contributed by atoms with van der Waals surface area (Å²) in [6, 6.07) is 7.83. The molecule has 0 aliphatic rings. The average Bonchev–Trinajstić information content (AvgIpc) is 2.41. The monoisotopic (exact) mass is 279 g/mol. The summed E-state index contributed by atoms with van der Waals surface area (Å²) in [5.74, 6) is -0.726. The van der Waals surface area contributed by atoms with Crippen molar-refractivity contribution in [1.29, 1.82) is 0 Å². The molecule has 2 N–H and O–H groups in total. The SMILES string of the molecule is COc1ccc(C(C)Nc2ccc(F)cc2F)c(O)c1. The van der Waals surface area contributed by atoms with Gasteiger partial charge in [-0.05, 0) is 31.2 Å². The Kier molecular flexibility index (Phi) is 4.08. The Balaban J connectivity index is 2.21. The van der Waals surface area contributed by atoms with Crippen LogP contribution in [0.1, 0.15) is 18.5 Å². The highest BCUT2D eigenvalue weighted by molar-refractivity contribution is 5.49. The van der Waals surface area contributed by atoms with Crippen LogP contribution in [-0.2, 0) is 0 Å². The fourth-order valence-corrected chi connectivity index (χ4v) is 1.93. The molecule has 5 heteroatoms. The molecule has 0 aliphatic heterocycles. The number of phenols is 1. The molecule has 0 heterocycles. The number of hydrogen-bond donors (Lipinski definition) is 2. The zero-order valence-electron chi connectivity index (χ0n) is 11.2. The molecule has 0 aliphatic carbocycles. The van der Waals surface area contributed by atoms with Crippen molar-refractivity contribution < 1.29 is 18.6 Å². The molecule has 1 unspecified atom stereocenters. The van der Waals surface area contributed by atoms with Crippen LogP contribution in [0, 0.1) is 11.6 Å². The first-order chi connectivity index (χ1) is 9.51. The van der Waals surface area contributed by atoms with Crippen LogP contribution in [0.4, 0.5) is 14.5 Å². The van der Waals surface area contributed by atoms with Crippen LogP contribution < -0.4 is 10.1 Å². The molecule has 0 aromatic heterocycles. The van der Waals surface area contributed by atoms with E-state index in [-0.39, 0.29) is 17.5 Å².